The highest BCUT2D eigenvalue weighted by molar-refractivity contribution is 5.71. The van der Waals surface area contributed by atoms with E-state index in [4.69, 9.17) is 14.2 Å². The summed E-state index contributed by atoms with van der Waals surface area (Å²) in [6, 6.07) is 0. The van der Waals surface area contributed by atoms with Crippen molar-refractivity contribution in [2.75, 3.05) is 13.2 Å². The van der Waals surface area contributed by atoms with Crippen molar-refractivity contribution in [1.82, 2.24) is 0 Å². The molecule has 0 aromatic rings. The first kappa shape index (κ1) is 54.6. The van der Waals surface area contributed by atoms with E-state index in [0.717, 1.165) is 109 Å². The van der Waals surface area contributed by atoms with E-state index in [-0.39, 0.29) is 38.0 Å². The number of esters is 3. The summed E-state index contributed by atoms with van der Waals surface area (Å²) in [4.78, 5) is 37.5. The summed E-state index contributed by atoms with van der Waals surface area (Å²) in [5.41, 5.74) is 0. The van der Waals surface area contributed by atoms with Crippen molar-refractivity contribution in [2.24, 2.45) is 0 Å². The van der Waals surface area contributed by atoms with Crippen molar-refractivity contribution >= 4 is 17.9 Å². The van der Waals surface area contributed by atoms with Gasteiger partial charge in [0.15, 0.2) is 6.10 Å². The number of unbranched alkanes of at least 4 members (excludes halogenated alkanes) is 5. The van der Waals surface area contributed by atoms with E-state index in [1.54, 1.807) is 0 Å². The van der Waals surface area contributed by atoms with Gasteiger partial charge in [-0.25, -0.2) is 0 Å². The van der Waals surface area contributed by atoms with E-state index >= 15 is 0 Å². The minimum atomic E-state index is -0.838. The largest absolute Gasteiger partial charge is 0.462 e. The van der Waals surface area contributed by atoms with Gasteiger partial charge in [0.05, 0.1) is 0 Å². The van der Waals surface area contributed by atoms with Crippen LogP contribution in [0.3, 0.4) is 0 Å². The van der Waals surface area contributed by atoms with Crippen LogP contribution in [0.15, 0.2) is 134 Å². The van der Waals surface area contributed by atoms with Crippen LogP contribution in [-0.2, 0) is 28.6 Å². The van der Waals surface area contributed by atoms with Gasteiger partial charge in [-0.1, -0.05) is 180 Å². The Morgan fingerprint density at radius 1 is 0.356 bits per heavy atom. The minimum absolute atomic E-state index is 0.130. The van der Waals surface area contributed by atoms with Gasteiger partial charge in [-0.2, -0.15) is 0 Å². The van der Waals surface area contributed by atoms with E-state index in [9.17, 15) is 14.4 Å². The van der Waals surface area contributed by atoms with Gasteiger partial charge in [-0.05, 0) is 96.3 Å². The number of rotatable bonds is 38. The van der Waals surface area contributed by atoms with Gasteiger partial charge in [-0.15, -0.1) is 0 Å². The number of hydrogen-bond donors (Lipinski definition) is 0. The fourth-order valence-corrected chi connectivity index (χ4v) is 5.32. The van der Waals surface area contributed by atoms with Gasteiger partial charge < -0.3 is 14.2 Å². The second kappa shape index (κ2) is 46.2. The topological polar surface area (TPSA) is 78.9 Å². The van der Waals surface area contributed by atoms with Crippen molar-refractivity contribution in [1.29, 1.82) is 0 Å². The molecule has 0 spiro atoms. The first-order valence-corrected chi connectivity index (χ1v) is 22.7. The Hall–Kier alpha value is -4.45. The Bertz CT molecular complexity index is 1350. The third-order valence-electron chi connectivity index (χ3n) is 8.66. The van der Waals surface area contributed by atoms with Crippen LogP contribution in [0.4, 0.5) is 0 Å². The fraction of sp³-hybridized carbons (Fsp3) is 0.528. The second-order valence-electron chi connectivity index (χ2n) is 14.2. The summed E-state index contributed by atoms with van der Waals surface area (Å²) in [5, 5.41) is 0. The number of carbonyl (C=O) groups excluding carboxylic acids is 3. The highest BCUT2D eigenvalue weighted by atomic mass is 16.6. The van der Waals surface area contributed by atoms with E-state index in [0.29, 0.717) is 19.3 Å². The molecule has 0 aliphatic heterocycles. The normalized spacial score (nSPS) is 13.3. The third-order valence-corrected chi connectivity index (χ3v) is 8.66. The van der Waals surface area contributed by atoms with Gasteiger partial charge in [0.2, 0.25) is 0 Å². The Morgan fingerprint density at radius 2 is 0.695 bits per heavy atom. The number of carbonyl (C=O) groups is 3. The molecule has 0 aliphatic carbocycles. The zero-order valence-corrected chi connectivity index (χ0v) is 37.2. The number of ether oxygens (including phenoxy) is 3. The highest BCUT2D eigenvalue weighted by Crippen LogP contribution is 2.09. The van der Waals surface area contributed by atoms with Crippen molar-refractivity contribution in [3.05, 3.63) is 134 Å². The second-order valence-corrected chi connectivity index (χ2v) is 14.2. The van der Waals surface area contributed by atoms with E-state index in [1.807, 2.05) is 12.2 Å². The lowest BCUT2D eigenvalue weighted by atomic mass is 10.1. The molecule has 0 N–H and O–H groups in total. The summed E-state index contributed by atoms with van der Waals surface area (Å²) in [6.45, 7) is 6.16. The molecule has 0 aromatic heterocycles. The lowest BCUT2D eigenvalue weighted by molar-refractivity contribution is -0.166. The zero-order valence-electron chi connectivity index (χ0n) is 37.2. The predicted octanol–water partition coefficient (Wildman–Crippen LogP) is 14.7. The van der Waals surface area contributed by atoms with E-state index in [1.165, 1.54) is 0 Å². The summed E-state index contributed by atoms with van der Waals surface area (Å²) in [7, 11) is 0. The zero-order chi connectivity index (χ0) is 43.0. The molecule has 0 heterocycles. The standard InChI is InChI=1S/C53H80O6/c1-4-7-10-13-15-17-19-21-23-25-26-28-29-31-33-35-37-40-43-46-52(55)58-49-50(48-57-51(54)45-42-39-12-9-6-3)59-53(56)47-44-41-38-36-34-32-30-27-24-22-20-18-16-14-11-8-5-2/h7-8,10-11,15-18,21-24,26,28,30-33,36-38,40,50H,4-6,9,12-14,19-20,25,27,29,34-35,39,41-49H2,1-3H3/b10-7-,11-8-,17-15-,18-16-,23-21-,24-22-,28-26-,32-30-,33-31-,38-36-,40-37-. The summed E-state index contributed by atoms with van der Waals surface area (Å²) >= 11 is 0. The molecular weight excluding hydrogens is 733 g/mol. The quantitative estimate of drug-likeness (QED) is 0.0267. The summed E-state index contributed by atoms with van der Waals surface area (Å²) in [6.07, 6.45) is 64.8. The maximum atomic E-state index is 12.7. The fourth-order valence-electron chi connectivity index (χ4n) is 5.32. The van der Waals surface area contributed by atoms with Crippen LogP contribution < -0.4 is 0 Å². The lowest BCUT2D eigenvalue weighted by Crippen LogP contribution is -2.30. The van der Waals surface area contributed by atoms with Gasteiger partial charge in [-0.3, -0.25) is 14.4 Å². The molecule has 0 rings (SSSR count). The molecule has 6 heteroatoms. The molecule has 0 bridgehead atoms. The molecule has 59 heavy (non-hydrogen) atoms. The number of hydrogen-bond acceptors (Lipinski definition) is 6. The van der Waals surface area contributed by atoms with Crippen molar-refractivity contribution in [3.63, 3.8) is 0 Å². The monoisotopic (exact) mass is 813 g/mol. The molecule has 0 saturated carbocycles. The van der Waals surface area contributed by atoms with Gasteiger partial charge in [0, 0.05) is 19.3 Å². The molecule has 0 aliphatic rings. The Labute approximate surface area is 360 Å². The van der Waals surface area contributed by atoms with Crippen LogP contribution in [-0.4, -0.2) is 37.2 Å². The SMILES string of the molecule is CC/C=C\C/C=C\C/C=C\C/C=C\C/C=C\C/C=C\CCC(=O)OCC(COC(=O)CCCCCCC)OC(=O)CCC/C=C\C/C=C\C/C=C\C/C=C\C/C=C\CC. The molecule has 0 saturated heterocycles. The van der Waals surface area contributed by atoms with Gasteiger partial charge in [0.25, 0.3) is 0 Å². The van der Waals surface area contributed by atoms with Crippen LogP contribution in [0.5, 0.6) is 0 Å². The summed E-state index contributed by atoms with van der Waals surface area (Å²) < 4.78 is 16.5. The maximum absolute atomic E-state index is 12.7. The van der Waals surface area contributed by atoms with Crippen LogP contribution >= 0.6 is 0 Å². The molecule has 1 unspecified atom stereocenters. The number of allylic oxidation sites excluding steroid dienone is 22. The van der Waals surface area contributed by atoms with Crippen LogP contribution in [0.2, 0.25) is 0 Å². The molecule has 328 valence electrons. The van der Waals surface area contributed by atoms with E-state index < -0.39 is 12.1 Å². The van der Waals surface area contributed by atoms with Gasteiger partial charge in [0.1, 0.15) is 13.2 Å². The smallest absolute Gasteiger partial charge is 0.306 e. The molecule has 1 atom stereocenters. The average Bonchev–Trinajstić information content (AvgIpc) is 3.23. The van der Waals surface area contributed by atoms with Crippen LogP contribution in [0.1, 0.15) is 162 Å². The van der Waals surface area contributed by atoms with Crippen molar-refractivity contribution < 1.29 is 28.6 Å². The Kier molecular flexibility index (Phi) is 42.8. The molecular formula is C53H80O6. The molecule has 6 nitrogen and oxygen atoms in total. The van der Waals surface area contributed by atoms with Crippen LogP contribution in [0, 0.1) is 0 Å². The third kappa shape index (κ3) is 44.5. The first-order valence-electron chi connectivity index (χ1n) is 22.7. The summed E-state index contributed by atoms with van der Waals surface area (Å²) in [5.74, 6) is -1.11. The Balaban J connectivity index is 4.48. The lowest BCUT2D eigenvalue weighted by Gasteiger charge is -2.18. The molecule has 0 aromatic carbocycles. The van der Waals surface area contributed by atoms with Crippen molar-refractivity contribution in [3.8, 4) is 0 Å². The predicted molar refractivity (Wildman–Crippen MR) is 251 cm³/mol. The van der Waals surface area contributed by atoms with E-state index in [2.05, 4.69) is 142 Å². The van der Waals surface area contributed by atoms with Crippen LogP contribution in [0.25, 0.3) is 0 Å². The molecule has 0 radical (unpaired) electrons. The van der Waals surface area contributed by atoms with Crippen molar-refractivity contribution in [2.45, 2.75) is 168 Å². The average molecular weight is 813 g/mol. The minimum Gasteiger partial charge on any atom is -0.462 e. The maximum Gasteiger partial charge on any atom is 0.306 e. The van der Waals surface area contributed by atoms with Gasteiger partial charge >= 0.3 is 17.9 Å². The highest BCUT2D eigenvalue weighted by Gasteiger charge is 2.19. The molecule has 0 fully saturated rings. The Morgan fingerprint density at radius 3 is 1.10 bits per heavy atom. The first-order chi connectivity index (χ1) is 29.0. The molecule has 0 amide bonds.